The van der Waals surface area contributed by atoms with Crippen molar-refractivity contribution in [2.24, 2.45) is 0 Å². The van der Waals surface area contributed by atoms with E-state index in [4.69, 9.17) is 4.98 Å². The number of nitrogens with zero attached hydrogens (tertiary/aromatic N) is 3. The molecule has 0 atom stereocenters. The maximum atomic E-state index is 12.6. The molecule has 3 heterocycles. The molecule has 5 rings (SSSR count). The summed E-state index contributed by atoms with van der Waals surface area (Å²) < 4.78 is 3.08. The van der Waals surface area contributed by atoms with Crippen molar-refractivity contribution in [1.29, 1.82) is 0 Å². The van der Waals surface area contributed by atoms with Crippen LogP contribution in [0.5, 0.6) is 0 Å². The van der Waals surface area contributed by atoms with Crippen LogP contribution in [0.1, 0.15) is 22.7 Å². The maximum absolute atomic E-state index is 12.6. The highest BCUT2D eigenvalue weighted by atomic mass is 79.9. The van der Waals surface area contributed by atoms with Crippen molar-refractivity contribution >= 4 is 49.2 Å². The summed E-state index contributed by atoms with van der Waals surface area (Å²) in [5, 5.41) is 1.67. The van der Waals surface area contributed by atoms with Gasteiger partial charge in [0.15, 0.2) is 5.16 Å². The van der Waals surface area contributed by atoms with E-state index < -0.39 is 0 Å². The maximum Gasteiger partial charge on any atom is 0.259 e. The van der Waals surface area contributed by atoms with Gasteiger partial charge in [-0.25, -0.2) is 9.97 Å². The molecule has 1 aliphatic rings. The van der Waals surface area contributed by atoms with E-state index in [0.29, 0.717) is 11.6 Å². The number of rotatable bonds is 4. The molecule has 0 saturated heterocycles. The number of aromatic amines is 1. The first-order valence-corrected chi connectivity index (χ1v) is 11.2. The van der Waals surface area contributed by atoms with Gasteiger partial charge in [0.25, 0.3) is 5.56 Å². The normalized spacial score (nSPS) is 13.4. The summed E-state index contributed by atoms with van der Waals surface area (Å²) in [7, 11) is 0. The predicted octanol–water partition coefficient (Wildman–Crippen LogP) is 4.71. The number of nitrogens with one attached hydrogen (secondary N) is 1. The smallest absolute Gasteiger partial charge is 0.259 e. The highest BCUT2D eigenvalue weighted by molar-refractivity contribution is 9.10. The molecule has 1 aliphatic carbocycles. The topological polar surface area (TPSA) is 63.6 Å². The molecule has 0 aliphatic heterocycles. The van der Waals surface area contributed by atoms with Crippen LogP contribution in [0.15, 0.2) is 51.1 Å². The molecule has 5 nitrogen and oxygen atoms in total. The number of fused-ring (bicyclic) bond motifs is 3. The first kappa shape index (κ1) is 17.2. The first-order chi connectivity index (χ1) is 13.2. The van der Waals surface area contributed by atoms with Crippen molar-refractivity contribution in [2.45, 2.75) is 30.2 Å². The van der Waals surface area contributed by atoms with E-state index in [2.05, 4.69) is 25.9 Å². The second kappa shape index (κ2) is 6.92. The lowest BCUT2D eigenvalue weighted by molar-refractivity contribution is 0.892. The molecule has 27 heavy (non-hydrogen) atoms. The van der Waals surface area contributed by atoms with Crippen molar-refractivity contribution in [3.8, 4) is 5.69 Å². The van der Waals surface area contributed by atoms with Gasteiger partial charge in [-0.2, -0.15) is 0 Å². The van der Waals surface area contributed by atoms with Gasteiger partial charge < -0.3 is 4.98 Å². The zero-order valence-corrected chi connectivity index (χ0v) is 17.5. The van der Waals surface area contributed by atoms with Crippen LogP contribution in [0.3, 0.4) is 0 Å². The summed E-state index contributed by atoms with van der Waals surface area (Å²) in [6, 6.07) is 8.09. The van der Waals surface area contributed by atoms with Gasteiger partial charge in [-0.15, -0.1) is 11.3 Å². The minimum absolute atomic E-state index is 0.00810. The largest absolute Gasteiger partial charge is 0.309 e. The monoisotopic (exact) mass is 458 g/mol. The summed E-state index contributed by atoms with van der Waals surface area (Å²) in [5.74, 6) is 1.27. The number of aromatic nitrogens is 4. The Labute approximate surface area is 172 Å². The summed E-state index contributed by atoms with van der Waals surface area (Å²) in [5.41, 5.74) is 2.25. The molecular weight excluding hydrogens is 444 g/mol. The van der Waals surface area contributed by atoms with Crippen LogP contribution >= 0.6 is 39.0 Å². The van der Waals surface area contributed by atoms with Crippen LogP contribution in [-0.4, -0.2) is 19.5 Å². The number of imidazole rings is 1. The van der Waals surface area contributed by atoms with Crippen molar-refractivity contribution in [2.75, 3.05) is 0 Å². The van der Waals surface area contributed by atoms with Gasteiger partial charge >= 0.3 is 0 Å². The highest BCUT2D eigenvalue weighted by Crippen LogP contribution is 2.34. The molecule has 0 bridgehead atoms. The van der Waals surface area contributed by atoms with E-state index in [1.165, 1.54) is 10.4 Å². The molecule has 0 radical (unpaired) electrons. The lowest BCUT2D eigenvalue weighted by atomic mass is 10.2. The Hall–Kier alpha value is -1.90. The number of benzene rings is 1. The minimum Gasteiger partial charge on any atom is -0.309 e. The van der Waals surface area contributed by atoms with Crippen molar-refractivity contribution in [3.05, 3.63) is 67.8 Å². The molecule has 0 unspecified atom stereocenters. The molecule has 1 aromatic carbocycles. The van der Waals surface area contributed by atoms with Gasteiger partial charge in [0.2, 0.25) is 0 Å². The average molecular weight is 459 g/mol. The molecule has 0 amide bonds. The molecule has 136 valence electrons. The Bertz CT molecular complexity index is 1190. The third-order valence-electron chi connectivity index (χ3n) is 4.67. The van der Waals surface area contributed by atoms with Crippen LogP contribution in [0.2, 0.25) is 0 Å². The molecule has 8 heteroatoms. The standard InChI is InChI=1S/C19H15BrN4OS2/c20-11-4-6-12(7-5-11)24-9-8-21-19(24)26-10-15-22-17(25)16-13-2-1-3-14(13)27-18(16)23-15/h4-9H,1-3,10H2,(H,22,23,25). The van der Waals surface area contributed by atoms with E-state index in [1.807, 2.05) is 35.0 Å². The molecule has 0 spiro atoms. The third kappa shape index (κ3) is 3.15. The van der Waals surface area contributed by atoms with Crippen molar-refractivity contribution < 1.29 is 0 Å². The van der Waals surface area contributed by atoms with Crippen LogP contribution in [0, 0.1) is 0 Å². The lowest BCUT2D eigenvalue weighted by Crippen LogP contribution is -2.11. The van der Waals surface area contributed by atoms with Crippen molar-refractivity contribution in [1.82, 2.24) is 19.5 Å². The number of H-pyrrole nitrogens is 1. The SMILES string of the molecule is O=c1[nH]c(CSc2nccn2-c2ccc(Br)cc2)nc2sc3c(c12)CCC3. The fourth-order valence-corrected chi connectivity index (χ4v) is 5.83. The summed E-state index contributed by atoms with van der Waals surface area (Å²) in [6.45, 7) is 0. The molecule has 3 aromatic heterocycles. The fourth-order valence-electron chi connectivity index (χ4n) is 3.44. The van der Waals surface area contributed by atoms with E-state index in [0.717, 1.165) is 44.8 Å². The number of hydrogen-bond acceptors (Lipinski definition) is 5. The summed E-state index contributed by atoms with van der Waals surface area (Å²) in [4.78, 5) is 26.9. The average Bonchev–Trinajstić information content (AvgIpc) is 3.35. The molecule has 0 saturated carbocycles. The second-order valence-corrected chi connectivity index (χ2v) is 9.34. The minimum atomic E-state index is -0.00810. The number of hydrogen-bond donors (Lipinski definition) is 1. The number of thioether (sulfide) groups is 1. The van der Waals surface area contributed by atoms with E-state index in [9.17, 15) is 4.79 Å². The molecule has 4 aromatic rings. The van der Waals surface area contributed by atoms with Crippen LogP contribution in [-0.2, 0) is 18.6 Å². The second-order valence-electron chi connectivity index (χ2n) is 6.40. The zero-order chi connectivity index (χ0) is 18.4. The summed E-state index contributed by atoms with van der Waals surface area (Å²) in [6.07, 6.45) is 6.94. The highest BCUT2D eigenvalue weighted by Gasteiger charge is 2.21. The van der Waals surface area contributed by atoms with Gasteiger partial charge in [-0.1, -0.05) is 27.7 Å². The van der Waals surface area contributed by atoms with Gasteiger partial charge in [0.05, 0.1) is 11.1 Å². The van der Waals surface area contributed by atoms with Crippen molar-refractivity contribution in [3.63, 3.8) is 0 Å². The third-order valence-corrected chi connectivity index (χ3v) is 7.37. The summed E-state index contributed by atoms with van der Waals surface area (Å²) >= 11 is 6.70. The quantitative estimate of drug-likeness (QED) is 0.449. The Morgan fingerprint density at radius 2 is 2.11 bits per heavy atom. The Balaban J connectivity index is 1.42. The molecular formula is C19H15BrN4OS2. The van der Waals surface area contributed by atoms with Gasteiger partial charge in [0, 0.05) is 27.4 Å². The Morgan fingerprint density at radius 3 is 2.96 bits per heavy atom. The fraction of sp³-hybridized carbons (Fsp3) is 0.211. The zero-order valence-electron chi connectivity index (χ0n) is 14.2. The number of halogens is 1. The first-order valence-electron chi connectivity index (χ1n) is 8.64. The van der Waals surface area contributed by atoms with E-state index >= 15 is 0 Å². The van der Waals surface area contributed by atoms with Gasteiger partial charge in [-0.3, -0.25) is 9.36 Å². The molecule has 0 fully saturated rings. The van der Waals surface area contributed by atoms with Crippen LogP contribution in [0.25, 0.3) is 15.9 Å². The predicted molar refractivity (Wildman–Crippen MR) is 113 cm³/mol. The van der Waals surface area contributed by atoms with Gasteiger partial charge in [-0.05, 0) is 49.1 Å². The Morgan fingerprint density at radius 1 is 1.26 bits per heavy atom. The van der Waals surface area contributed by atoms with E-state index in [1.54, 1.807) is 29.3 Å². The van der Waals surface area contributed by atoms with Gasteiger partial charge in [0.1, 0.15) is 10.7 Å². The molecule has 1 N–H and O–H groups in total. The van der Waals surface area contributed by atoms with Crippen LogP contribution < -0.4 is 5.56 Å². The number of aryl methyl sites for hydroxylation is 2. The van der Waals surface area contributed by atoms with E-state index in [-0.39, 0.29) is 5.56 Å². The van der Waals surface area contributed by atoms with Crippen LogP contribution in [0.4, 0.5) is 0 Å². The lowest BCUT2D eigenvalue weighted by Gasteiger charge is -2.07. The number of thiophene rings is 1. The Kier molecular flexibility index (Phi) is 4.41.